The van der Waals surface area contributed by atoms with E-state index in [0.717, 1.165) is 20.9 Å². The molecular formula is C41H53N5O14. The monoisotopic (exact) mass is 839 g/mol. The van der Waals surface area contributed by atoms with Gasteiger partial charge in [-0.25, -0.2) is 14.6 Å². The highest BCUT2D eigenvalue weighted by molar-refractivity contribution is 6.00. The van der Waals surface area contributed by atoms with E-state index in [1.807, 2.05) is 12.1 Å². The van der Waals surface area contributed by atoms with Crippen LogP contribution in [-0.2, 0) is 75.3 Å². The maximum absolute atomic E-state index is 12.9. The first-order chi connectivity index (χ1) is 28.3. The molecule has 0 radical (unpaired) electrons. The van der Waals surface area contributed by atoms with E-state index in [1.165, 1.54) is 0 Å². The third-order valence-corrected chi connectivity index (χ3v) is 9.08. The summed E-state index contributed by atoms with van der Waals surface area (Å²) in [6.45, 7) is 7.01. The number of hydrogen-bond donors (Lipinski definition) is 1. The van der Waals surface area contributed by atoms with Crippen molar-refractivity contribution in [2.45, 2.75) is 91.2 Å². The highest BCUT2D eigenvalue weighted by atomic mass is 16.6. The number of primary amides is 1. The molecule has 2 aliphatic heterocycles. The minimum atomic E-state index is -0.774. The van der Waals surface area contributed by atoms with Crippen molar-refractivity contribution < 1.29 is 66.8 Å². The highest BCUT2D eigenvalue weighted by Gasteiger charge is 2.40. The van der Waals surface area contributed by atoms with E-state index in [-0.39, 0.29) is 65.1 Å². The van der Waals surface area contributed by atoms with Gasteiger partial charge in [-0.15, -0.1) is 0 Å². The second kappa shape index (κ2) is 23.4. The van der Waals surface area contributed by atoms with E-state index in [4.69, 9.17) is 24.7 Å². The van der Waals surface area contributed by atoms with Gasteiger partial charge in [0.15, 0.2) is 13.5 Å². The average molecular weight is 840 g/mol. The standard InChI is InChI=1S/C36H42N4O12.C5H11NO2/c1-25(37-17-29(41)39(30(42)18-37)23-51-35(47)15-13-33(45)49-21-27-9-5-3-6-10-27)26(2)38-19-31(43)40(32(44)20-38)24-52-36(48)16-14-34(46)50-22-28-11-7-4-8-12-28;1-5(2,3)8-4(6)7/h3-12,25-26H,13-24H2,1-2H3;1-3H3,(H2,6,7). The van der Waals surface area contributed by atoms with Crippen LogP contribution in [0, 0.1) is 0 Å². The summed E-state index contributed by atoms with van der Waals surface area (Å²) in [5.74, 6) is -5.15. The fourth-order valence-corrected chi connectivity index (χ4v) is 5.65. The molecule has 2 fully saturated rings. The summed E-state index contributed by atoms with van der Waals surface area (Å²) in [5.41, 5.74) is 5.86. The molecule has 326 valence electrons. The molecule has 2 unspecified atom stereocenters. The summed E-state index contributed by atoms with van der Waals surface area (Å²) in [4.78, 5) is 115. The molecule has 2 atom stereocenters. The van der Waals surface area contributed by atoms with Crippen molar-refractivity contribution >= 4 is 53.6 Å². The Kier molecular flexibility index (Phi) is 18.8. The van der Waals surface area contributed by atoms with Crippen molar-refractivity contribution in [2.24, 2.45) is 5.73 Å². The maximum Gasteiger partial charge on any atom is 0.405 e. The Labute approximate surface area is 347 Å². The van der Waals surface area contributed by atoms with Crippen LogP contribution >= 0.6 is 0 Å². The average Bonchev–Trinajstić information content (AvgIpc) is 3.19. The molecule has 2 saturated heterocycles. The normalized spacial score (nSPS) is 15.9. The van der Waals surface area contributed by atoms with E-state index >= 15 is 0 Å². The molecule has 19 heteroatoms. The molecule has 0 aromatic heterocycles. The van der Waals surface area contributed by atoms with Gasteiger partial charge in [0.25, 0.3) is 0 Å². The third-order valence-electron chi connectivity index (χ3n) is 9.08. The Morgan fingerprint density at radius 1 is 0.550 bits per heavy atom. The summed E-state index contributed by atoms with van der Waals surface area (Å²) in [6, 6.07) is 17.2. The SMILES string of the molecule is CC(C(C)N1CC(=O)N(COC(=O)CCC(=O)OCc2ccccc2)C(=O)C1)N1CC(=O)N(COC(=O)CCC(=O)OCc2ccccc2)C(=O)C1.CC(C)(C)OC(N)=O. The number of imide groups is 2. The second-order valence-electron chi connectivity index (χ2n) is 14.8. The summed E-state index contributed by atoms with van der Waals surface area (Å²) < 4.78 is 25.0. The van der Waals surface area contributed by atoms with E-state index in [1.54, 1.807) is 92.9 Å². The fraction of sp³-hybridized carbons (Fsp3) is 0.488. The third kappa shape index (κ3) is 16.9. The molecule has 60 heavy (non-hydrogen) atoms. The highest BCUT2D eigenvalue weighted by Crippen LogP contribution is 2.18. The van der Waals surface area contributed by atoms with Crippen LogP contribution in [0.5, 0.6) is 0 Å². The molecule has 0 spiro atoms. The van der Waals surface area contributed by atoms with Crippen LogP contribution in [-0.4, -0.2) is 131 Å². The quantitative estimate of drug-likeness (QED) is 0.136. The number of hydrogen-bond acceptors (Lipinski definition) is 16. The Hall–Kier alpha value is -6.21. The molecule has 19 nitrogen and oxygen atoms in total. The maximum atomic E-state index is 12.9. The van der Waals surface area contributed by atoms with Gasteiger partial charge in [0, 0.05) is 12.1 Å². The Morgan fingerprint density at radius 3 is 1.12 bits per heavy atom. The Morgan fingerprint density at radius 2 is 0.850 bits per heavy atom. The zero-order chi connectivity index (χ0) is 44.4. The van der Waals surface area contributed by atoms with Gasteiger partial charge in [-0.2, -0.15) is 0 Å². The van der Waals surface area contributed by atoms with Crippen molar-refractivity contribution in [1.29, 1.82) is 0 Å². The molecule has 2 aromatic carbocycles. The van der Waals surface area contributed by atoms with E-state index < -0.39 is 84.7 Å². The predicted molar refractivity (Wildman–Crippen MR) is 209 cm³/mol. The van der Waals surface area contributed by atoms with Gasteiger partial charge >= 0.3 is 30.0 Å². The number of piperazine rings is 2. The number of benzene rings is 2. The number of nitrogens with two attached hydrogens (primary N) is 1. The lowest BCUT2D eigenvalue weighted by atomic mass is 10.1. The molecule has 4 rings (SSSR count). The number of carbonyl (C=O) groups excluding carboxylic acids is 9. The first-order valence-corrected chi connectivity index (χ1v) is 19.2. The first-order valence-electron chi connectivity index (χ1n) is 19.2. The van der Waals surface area contributed by atoms with Crippen LogP contribution in [0.15, 0.2) is 60.7 Å². The van der Waals surface area contributed by atoms with Crippen molar-refractivity contribution in [2.75, 3.05) is 39.6 Å². The lowest BCUT2D eigenvalue weighted by Gasteiger charge is -2.43. The minimum Gasteiger partial charge on any atom is -0.461 e. The molecule has 0 aliphatic carbocycles. The molecular weight excluding hydrogens is 786 g/mol. The zero-order valence-corrected chi connectivity index (χ0v) is 34.5. The van der Waals surface area contributed by atoms with Crippen LogP contribution in [0.25, 0.3) is 0 Å². The second-order valence-corrected chi connectivity index (χ2v) is 14.8. The van der Waals surface area contributed by atoms with Gasteiger partial charge in [-0.3, -0.25) is 48.2 Å². The van der Waals surface area contributed by atoms with Crippen LogP contribution in [0.2, 0.25) is 0 Å². The van der Waals surface area contributed by atoms with Crippen molar-refractivity contribution in [3.63, 3.8) is 0 Å². The molecule has 2 aliphatic rings. The number of nitrogens with zero attached hydrogens (tertiary/aromatic N) is 4. The van der Waals surface area contributed by atoms with E-state index in [9.17, 15) is 43.2 Å². The molecule has 5 amide bonds. The summed E-state index contributed by atoms with van der Waals surface area (Å²) in [5, 5.41) is 0. The molecule has 0 bridgehead atoms. The molecule has 0 saturated carbocycles. The molecule has 2 aromatic rings. The fourth-order valence-electron chi connectivity index (χ4n) is 5.65. The summed E-state index contributed by atoms with van der Waals surface area (Å²) in [6.07, 6.45) is -1.75. The number of rotatable bonds is 17. The summed E-state index contributed by atoms with van der Waals surface area (Å²) in [7, 11) is 0. The van der Waals surface area contributed by atoms with Gasteiger partial charge in [-0.05, 0) is 45.7 Å². The lowest BCUT2D eigenvalue weighted by Crippen LogP contribution is -2.63. The zero-order valence-electron chi connectivity index (χ0n) is 34.5. The van der Waals surface area contributed by atoms with E-state index in [0.29, 0.717) is 0 Å². The largest absolute Gasteiger partial charge is 0.461 e. The van der Waals surface area contributed by atoms with Crippen LogP contribution in [0.3, 0.4) is 0 Å². The number of carbonyl (C=O) groups is 9. The molecule has 2 heterocycles. The van der Waals surface area contributed by atoms with Gasteiger partial charge in [0.1, 0.15) is 18.8 Å². The van der Waals surface area contributed by atoms with Crippen molar-refractivity contribution in [3.05, 3.63) is 71.8 Å². The van der Waals surface area contributed by atoms with Gasteiger partial charge in [0.2, 0.25) is 23.6 Å². The van der Waals surface area contributed by atoms with Gasteiger partial charge in [0.05, 0.1) is 51.9 Å². The van der Waals surface area contributed by atoms with E-state index in [2.05, 4.69) is 4.74 Å². The van der Waals surface area contributed by atoms with Crippen molar-refractivity contribution in [1.82, 2.24) is 19.6 Å². The van der Waals surface area contributed by atoms with Crippen molar-refractivity contribution in [3.8, 4) is 0 Å². The van der Waals surface area contributed by atoms with Crippen LogP contribution in [0.4, 0.5) is 4.79 Å². The van der Waals surface area contributed by atoms with Crippen LogP contribution < -0.4 is 5.73 Å². The first kappa shape index (κ1) is 48.2. The molecule has 2 N–H and O–H groups in total. The van der Waals surface area contributed by atoms with Gasteiger partial charge in [-0.1, -0.05) is 60.7 Å². The Bertz CT molecular complexity index is 1680. The number of ether oxygens (including phenoxy) is 5. The number of amides is 5. The van der Waals surface area contributed by atoms with Gasteiger partial charge < -0.3 is 29.4 Å². The Balaban J connectivity index is 0.00000109. The predicted octanol–water partition coefficient (Wildman–Crippen LogP) is 2.03. The minimum absolute atomic E-state index is 0.0668. The van der Waals surface area contributed by atoms with Crippen LogP contribution in [0.1, 0.15) is 71.4 Å². The number of esters is 4. The summed E-state index contributed by atoms with van der Waals surface area (Å²) >= 11 is 0. The smallest absolute Gasteiger partial charge is 0.405 e. The topological polar surface area (TPSA) is 239 Å². The lowest BCUT2D eigenvalue weighted by molar-refractivity contribution is -0.169.